The lowest BCUT2D eigenvalue weighted by Gasteiger charge is -2.08. The average Bonchev–Trinajstić information content (AvgIpc) is 3.02. The maximum absolute atomic E-state index is 12.2. The lowest BCUT2D eigenvalue weighted by Crippen LogP contribution is -2.25. The number of nitrogens with one attached hydrogen (secondary N) is 1. The van der Waals surface area contributed by atoms with E-state index in [1.165, 1.54) is 0 Å². The molecule has 1 unspecified atom stereocenters. The number of carbonyl (C=O) groups is 3. The van der Waals surface area contributed by atoms with Crippen molar-refractivity contribution in [1.29, 1.82) is 0 Å². The Hall–Kier alpha value is -2.60. The van der Waals surface area contributed by atoms with Crippen molar-refractivity contribution in [2.24, 2.45) is 0 Å². The third-order valence-corrected chi connectivity index (χ3v) is 4.60. The summed E-state index contributed by atoms with van der Waals surface area (Å²) in [7, 11) is 0. The maximum Gasteiger partial charge on any atom is 0.286 e. The summed E-state index contributed by atoms with van der Waals surface area (Å²) in [5.41, 5.74) is 1.50. The standard InChI is InChI=1S/C20H21NO4S.C2H6/c1-3-5-7-15(6-4-2)17(22)13-25-16-10-8-14(9-11-16)12-18-19(23)21-20(24)26-18;1-2/h3-11,18H,12-13H2,1-2H3,(H,21,23,24);1-2H3/b5-3-,6-4-,15-7+;. The molecule has 1 aromatic rings. The van der Waals surface area contributed by atoms with Gasteiger partial charge in [0.15, 0.2) is 12.4 Å². The van der Waals surface area contributed by atoms with Crippen LogP contribution >= 0.6 is 11.8 Å². The Morgan fingerprint density at radius 1 is 1.14 bits per heavy atom. The van der Waals surface area contributed by atoms with E-state index in [0.717, 1.165) is 17.3 Å². The summed E-state index contributed by atoms with van der Waals surface area (Å²) < 4.78 is 5.55. The van der Waals surface area contributed by atoms with Crippen LogP contribution in [0.5, 0.6) is 5.75 Å². The minimum Gasteiger partial charge on any atom is -0.485 e. The second-order valence-electron chi connectivity index (χ2n) is 5.59. The number of rotatable bonds is 8. The zero-order valence-corrected chi connectivity index (χ0v) is 17.5. The first-order chi connectivity index (χ1) is 13.5. The molecule has 2 rings (SSSR count). The highest BCUT2D eigenvalue weighted by atomic mass is 32.2. The van der Waals surface area contributed by atoms with Gasteiger partial charge in [0.1, 0.15) is 5.75 Å². The molecule has 1 saturated heterocycles. The monoisotopic (exact) mass is 401 g/mol. The van der Waals surface area contributed by atoms with Gasteiger partial charge in [-0.1, -0.05) is 68.1 Å². The van der Waals surface area contributed by atoms with E-state index in [-0.39, 0.29) is 23.5 Å². The number of imide groups is 1. The number of thioether (sulfide) groups is 1. The third kappa shape index (κ3) is 7.56. The molecule has 0 aliphatic carbocycles. The molecular formula is C22H27NO4S. The van der Waals surface area contributed by atoms with E-state index >= 15 is 0 Å². The Bertz CT molecular complexity index is 763. The van der Waals surface area contributed by atoms with Gasteiger partial charge < -0.3 is 4.74 Å². The van der Waals surface area contributed by atoms with E-state index in [9.17, 15) is 14.4 Å². The number of benzene rings is 1. The summed E-state index contributed by atoms with van der Waals surface area (Å²) in [5, 5.41) is 1.58. The summed E-state index contributed by atoms with van der Waals surface area (Å²) in [5.74, 6) is 0.214. The molecule has 0 saturated carbocycles. The van der Waals surface area contributed by atoms with Gasteiger partial charge in [-0.05, 0) is 38.0 Å². The molecule has 28 heavy (non-hydrogen) atoms. The molecule has 0 bridgehead atoms. The van der Waals surface area contributed by atoms with Crippen LogP contribution in [0.4, 0.5) is 4.79 Å². The molecule has 1 aliphatic rings. The van der Waals surface area contributed by atoms with Crippen molar-refractivity contribution < 1.29 is 19.1 Å². The van der Waals surface area contributed by atoms with Crippen LogP contribution in [-0.4, -0.2) is 28.8 Å². The zero-order valence-electron chi connectivity index (χ0n) is 16.7. The highest BCUT2D eigenvalue weighted by molar-refractivity contribution is 8.15. The van der Waals surface area contributed by atoms with Gasteiger partial charge in [0.2, 0.25) is 5.91 Å². The van der Waals surface area contributed by atoms with Crippen LogP contribution in [0.2, 0.25) is 0 Å². The highest BCUT2D eigenvalue weighted by Crippen LogP contribution is 2.23. The second kappa shape index (κ2) is 12.7. The first-order valence-corrected chi connectivity index (χ1v) is 10.1. The Balaban J connectivity index is 0.00000190. The summed E-state index contributed by atoms with van der Waals surface area (Å²) in [4.78, 5) is 35.0. The van der Waals surface area contributed by atoms with Gasteiger partial charge in [-0.2, -0.15) is 0 Å². The molecule has 0 radical (unpaired) electrons. The van der Waals surface area contributed by atoms with Gasteiger partial charge in [-0.25, -0.2) is 0 Å². The van der Waals surface area contributed by atoms with Crippen molar-refractivity contribution in [1.82, 2.24) is 5.32 Å². The number of Topliss-reactive ketones (excluding diaryl/α,β-unsaturated/α-hetero) is 1. The van der Waals surface area contributed by atoms with E-state index in [1.54, 1.807) is 24.3 Å². The fourth-order valence-electron chi connectivity index (χ4n) is 2.32. The summed E-state index contributed by atoms with van der Waals surface area (Å²) in [6.07, 6.45) is 9.44. The molecule has 1 fully saturated rings. The fourth-order valence-corrected chi connectivity index (χ4v) is 3.18. The quantitative estimate of drug-likeness (QED) is 0.508. The number of carbonyl (C=O) groups excluding carboxylic acids is 3. The fraction of sp³-hybridized carbons (Fsp3) is 0.318. The predicted molar refractivity (Wildman–Crippen MR) is 115 cm³/mol. The van der Waals surface area contributed by atoms with Crippen LogP contribution in [0.25, 0.3) is 0 Å². The molecule has 1 aliphatic heterocycles. The van der Waals surface area contributed by atoms with E-state index in [4.69, 9.17) is 4.74 Å². The minimum atomic E-state index is -0.393. The largest absolute Gasteiger partial charge is 0.485 e. The molecule has 1 N–H and O–H groups in total. The zero-order chi connectivity index (χ0) is 20.9. The maximum atomic E-state index is 12.2. The highest BCUT2D eigenvalue weighted by Gasteiger charge is 2.31. The minimum absolute atomic E-state index is 0.0531. The molecule has 0 spiro atoms. The molecule has 6 heteroatoms. The topological polar surface area (TPSA) is 72.5 Å². The number of ketones is 1. The third-order valence-electron chi connectivity index (χ3n) is 3.62. The average molecular weight is 402 g/mol. The van der Waals surface area contributed by atoms with Gasteiger partial charge in [0.05, 0.1) is 5.25 Å². The van der Waals surface area contributed by atoms with Crippen LogP contribution < -0.4 is 10.1 Å². The van der Waals surface area contributed by atoms with Crippen molar-refractivity contribution in [3.05, 3.63) is 65.8 Å². The van der Waals surface area contributed by atoms with Gasteiger partial charge >= 0.3 is 0 Å². The molecular weight excluding hydrogens is 374 g/mol. The van der Waals surface area contributed by atoms with Crippen LogP contribution in [0.3, 0.4) is 0 Å². The van der Waals surface area contributed by atoms with Gasteiger partial charge in [0.25, 0.3) is 5.24 Å². The molecule has 0 aromatic heterocycles. The molecule has 2 amide bonds. The summed E-state index contributed by atoms with van der Waals surface area (Å²) >= 11 is 1.01. The van der Waals surface area contributed by atoms with Gasteiger partial charge in [0, 0.05) is 5.57 Å². The second-order valence-corrected chi connectivity index (χ2v) is 6.77. The van der Waals surface area contributed by atoms with Crippen molar-refractivity contribution in [2.45, 2.75) is 39.4 Å². The van der Waals surface area contributed by atoms with Crippen molar-refractivity contribution in [3.63, 3.8) is 0 Å². The van der Waals surface area contributed by atoms with E-state index in [2.05, 4.69) is 5.32 Å². The van der Waals surface area contributed by atoms with Crippen LogP contribution in [0.1, 0.15) is 33.3 Å². The van der Waals surface area contributed by atoms with E-state index in [1.807, 2.05) is 58.1 Å². The summed E-state index contributed by atoms with van der Waals surface area (Å²) in [6, 6.07) is 7.18. The lowest BCUT2D eigenvalue weighted by atomic mass is 10.1. The number of allylic oxidation sites excluding steroid dienone is 5. The number of ether oxygens (including phenoxy) is 1. The first-order valence-electron chi connectivity index (χ1n) is 9.25. The lowest BCUT2D eigenvalue weighted by molar-refractivity contribution is -0.119. The van der Waals surface area contributed by atoms with Gasteiger partial charge in [-0.15, -0.1) is 0 Å². The Morgan fingerprint density at radius 2 is 1.82 bits per heavy atom. The molecule has 5 nitrogen and oxygen atoms in total. The SMILES string of the molecule is CC.C\C=C/C=C(\C=C/C)C(=O)COc1ccc(CC2SC(=O)NC2=O)cc1. The number of hydrogen-bond acceptors (Lipinski definition) is 5. The molecule has 150 valence electrons. The summed E-state index contributed by atoms with van der Waals surface area (Å²) in [6.45, 7) is 7.69. The number of hydrogen-bond donors (Lipinski definition) is 1. The molecule has 1 atom stereocenters. The molecule has 1 aromatic carbocycles. The normalized spacial score (nSPS) is 16.9. The first kappa shape index (κ1) is 23.4. The van der Waals surface area contributed by atoms with Crippen molar-refractivity contribution in [3.8, 4) is 5.75 Å². The Morgan fingerprint density at radius 3 is 2.36 bits per heavy atom. The van der Waals surface area contributed by atoms with Crippen molar-refractivity contribution in [2.75, 3.05) is 6.61 Å². The Labute approximate surface area is 170 Å². The van der Waals surface area contributed by atoms with Crippen LogP contribution in [0, 0.1) is 0 Å². The molecule has 1 heterocycles. The number of amides is 2. The van der Waals surface area contributed by atoms with Crippen molar-refractivity contribution >= 4 is 28.7 Å². The Kier molecular flexibility index (Phi) is 10.7. The smallest absolute Gasteiger partial charge is 0.286 e. The van der Waals surface area contributed by atoms with Crippen LogP contribution in [-0.2, 0) is 16.0 Å². The van der Waals surface area contributed by atoms with Crippen LogP contribution in [0.15, 0.2) is 60.2 Å². The van der Waals surface area contributed by atoms with Gasteiger partial charge in [-0.3, -0.25) is 19.7 Å². The predicted octanol–water partition coefficient (Wildman–Crippen LogP) is 4.63. The van der Waals surface area contributed by atoms with E-state index in [0.29, 0.717) is 17.7 Å². The van der Waals surface area contributed by atoms with E-state index < -0.39 is 5.25 Å².